The molecule has 1 aromatic carbocycles. The number of rotatable bonds is 8. The van der Waals surface area contributed by atoms with Gasteiger partial charge in [0.1, 0.15) is 0 Å². The molecule has 0 bridgehead atoms. The average Bonchev–Trinajstić information content (AvgIpc) is 2.51. The summed E-state index contributed by atoms with van der Waals surface area (Å²) in [7, 11) is -0.670. The fraction of sp³-hybridized carbons (Fsp3) is 0.400. The van der Waals surface area contributed by atoms with Crippen LogP contribution < -0.4 is 19.1 Å². The first-order valence-corrected chi connectivity index (χ1v) is 8.77. The Morgan fingerprint density at radius 2 is 1.87 bits per heavy atom. The minimum Gasteiger partial charge on any atom is -0.493 e. The van der Waals surface area contributed by atoms with Gasteiger partial charge in [0, 0.05) is 19.2 Å². The first kappa shape index (κ1) is 18.8. The molecule has 0 saturated carbocycles. The first-order valence-electron chi connectivity index (χ1n) is 6.92. The molecule has 128 valence electrons. The second-order valence-electron chi connectivity index (χ2n) is 4.65. The molecule has 0 aliphatic rings. The number of hydrogen-bond donors (Lipinski definition) is 1. The van der Waals surface area contributed by atoms with E-state index in [1.165, 1.54) is 32.4 Å². The maximum Gasteiger partial charge on any atom is 0.253 e. The number of nitrogens with one attached hydrogen (secondary N) is 1. The molecule has 1 amide bonds. The number of hydrogen-bond acceptors (Lipinski definition) is 5. The summed E-state index contributed by atoms with van der Waals surface area (Å²) in [6, 6.07) is 2.94. The lowest BCUT2D eigenvalue weighted by Crippen LogP contribution is -2.33. The van der Waals surface area contributed by atoms with Gasteiger partial charge in [0.25, 0.3) is 5.91 Å². The van der Waals surface area contributed by atoms with Gasteiger partial charge in [-0.15, -0.1) is 6.58 Å². The first-order chi connectivity index (χ1) is 10.8. The van der Waals surface area contributed by atoms with E-state index in [0.717, 1.165) is 10.6 Å². The number of amides is 1. The minimum absolute atomic E-state index is 0.177. The normalized spacial score (nSPS) is 10.8. The van der Waals surface area contributed by atoms with Gasteiger partial charge < -0.3 is 14.8 Å². The number of benzene rings is 1. The van der Waals surface area contributed by atoms with Crippen LogP contribution in [0.2, 0.25) is 0 Å². The fourth-order valence-corrected chi connectivity index (χ4v) is 3.08. The van der Waals surface area contributed by atoms with Crippen LogP contribution in [-0.4, -0.2) is 47.9 Å². The number of nitrogens with zero attached hydrogens (tertiary/aromatic N) is 1. The largest absolute Gasteiger partial charge is 0.493 e. The Kier molecular flexibility index (Phi) is 6.44. The van der Waals surface area contributed by atoms with Crippen molar-refractivity contribution in [3.8, 4) is 11.5 Å². The van der Waals surface area contributed by atoms with Crippen LogP contribution in [0.5, 0.6) is 11.5 Å². The number of anilines is 1. The second-order valence-corrected chi connectivity index (χ2v) is 6.56. The molecular weight excluding hydrogens is 320 g/mol. The lowest BCUT2D eigenvalue weighted by Gasteiger charge is -2.24. The third-order valence-corrected chi connectivity index (χ3v) is 4.37. The van der Waals surface area contributed by atoms with E-state index >= 15 is 0 Å². The molecule has 0 spiro atoms. The molecular formula is C15H22N2O5S. The molecule has 0 aromatic heterocycles. The fourth-order valence-electron chi connectivity index (χ4n) is 2.10. The van der Waals surface area contributed by atoms with Crippen LogP contribution in [-0.2, 0) is 10.0 Å². The van der Waals surface area contributed by atoms with E-state index in [-0.39, 0.29) is 24.3 Å². The summed E-state index contributed by atoms with van der Waals surface area (Å²) in [5.74, 6) is 0.248. The summed E-state index contributed by atoms with van der Waals surface area (Å²) in [5.41, 5.74) is 0.408. The molecule has 7 nitrogen and oxygen atoms in total. The lowest BCUT2D eigenvalue weighted by atomic mass is 10.1. The zero-order valence-electron chi connectivity index (χ0n) is 13.8. The highest BCUT2D eigenvalue weighted by molar-refractivity contribution is 7.92. The number of methoxy groups -OCH3 is 2. The van der Waals surface area contributed by atoms with Crippen LogP contribution in [0.15, 0.2) is 24.8 Å². The molecule has 0 atom stereocenters. The van der Waals surface area contributed by atoms with Gasteiger partial charge in [-0.05, 0) is 13.0 Å². The number of carbonyl (C=O) groups is 1. The molecule has 0 unspecified atom stereocenters. The van der Waals surface area contributed by atoms with Crippen LogP contribution in [0.4, 0.5) is 5.69 Å². The highest BCUT2D eigenvalue weighted by atomic mass is 32.2. The van der Waals surface area contributed by atoms with Crippen molar-refractivity contribution >= 4 is 21.6 Å². The van der Waals surface area contributed by atoms with Crippen LogP contribution >= 0.6 is 0 Å². The van der Waals surface area contributed by atoms with Crippen LogP contribution in [0.25, 0.3) is 0 Å². The second kappa shape index (κ2) is 7.87. The number of ether oxygens (including phenoxy) is 2. The maximum absolute atomic E-state index is 12.4. The number of carbonyl (C=O) groups excluding carboxylic acids is 1. The SMILES string of the molecule is C=CCNC(=O)c1cc(OC)c(OC)cc1N(CC)S(C)(=O)=O. The Morgan fingerprint density at radius 1 is 1.30 bits per heavy atom. The molecule has 0 aliphatic carbocycles. The van der Waals surface area contributed by atoms with E-state index in [2.05, 4.69) is 11.9 Å². The van der Waals surface area contributed by atoms with E-state index in [1.807, 2.05) is 0 Å². The summed E-state index contributed by atoms with van der Waals surface area (Å²) >= 11 is 0. The standard InChI is InChI=1S/C15H22N2O5S/c1-6-8-16-15(18)11-9-13(21-3)14(22-4)10-12(11)17(7-2)23(5,19)20/h6,9-10H,1,7-8H2,2-5H3,(H,16,18). The molecule has 0 saturated heterocycles. The van der Waals surface area contributed by atoms with Gasteiger partial charge in [0.05, 0.1) is 31.7 Å². The summed E-state index contributed by atoms with van der Waals surface area (Å²) < 4.78 is 35.6. The van der Waals surface area contributed by atoms with Crippen molar-refractivity contribution in [2.24, 2.45) is 0 Å². The Balaban J connectivity index is 3.56. The number of sulfonamides is 1. The predicted octanol–water partition coefficient (Wildman–Crippen LogP) is 1.41. The summed E-state index contributed by atoms with van der Waals surface area (Å²) in [4.78, 5) is 12.4. The van der Waals surface area contributed by atoms with Gasteiger partial charge in [0.15, 0.2) is 11.5 Å². The monoisotopic (exact) mass is 342 g/mol. The molecule has 23 heavy (non-hydrogen) atoms. The summed E-state index contributed by atoms with van der Waals surface area (Å²) in [6.45, 7) is 5.66. The van der Waals surface area contributed by atoms with Gasteiger partial charge in [-0.2, -0.15) is 0 Å². The van der Waals surface area contributed by atoms with Crippen molar-refractivity contribution in [2.45, 2.75) is 6.92 Å². The van der Waals surface area contributed by atoms with Crippen molar-refractivity contribution in [3.05, 3.63) is 30.4 Å². The third-order valence-electron chi connectivity index (χ3n) is 3.11. The topological polar surface area (TPSA) is 84.9 Å². The summed E-state index contributed by atoms with van der Waals surface area (Å²) in [6.07, 6.45) is 2.62. The Labute approximate surface area is 136 Å². The van der Waals surface area contributed by atoms with E-state index < -0.39 is 15.9 Å². The van der Waals surface area contributed by atoms with Crippen LogP contribution in [0.3, 0.4) is 0 Å². The zero-order valence-corrected chi connectivity index (χ0v) is 14.6. The molecule has 0 aliphatic heterocycles. The van der Waals surface area contributed by atoms with Crippen molar-refractivity contribution < 1.29 is 22.7 Å². The highest BCUT2D eigenvalue weighted by Crippen LogP contribution is 2.36. The molecule has 1 N–H and O–H groups in total. The molecule has 1 aromatic rings. The van der Waals surface area contributed by atoms with Crippen molar-refractivity contribution in [1.29, 1.82) is 0 Å². The Morgan fingerprint density at radius 3 is 2.30 bits per heavy atom. The van der Waals surface area contributed by atoms with Crippen molar-refractivity contribution in [2.75, 3.05) is 37.9 Å². The average molecular weight is 342 g/mol. The lowest BCUT2D eigenvalue weighted by molar-refractivity contribution is 0.0958. The van der Waals surface area contributed by atoms with Crippen LogP contribution in [0, 0.1) is 0 Å². The van der Waals surface area contributed by atoms with Crippen molar-refractivity contribution in [3.63, 3.8) is 0 Å². The summed E-state index contributed by atoms with van der Waals surface area (Å²) in [5, 5.41) is 2.63. The smallest absolute Gasteiger partial charge is 0.253 e. The van der Waals surface area contributed by atoms with E-state index in [9.17, 15) is 13.2 Å². The predicted molar refractivity (Wildman–Crippen MR) is 89.9 cm³/mol. The maximum atomic E-state index is 12.4. The molecule has 0 heterocycles. The van der Waals surface area contributed by atoms with Gasteiger partial charge in [-0.25, -0.2) is 8.42 Å². The van der Waals surface area contributed by atoms with Gasteiger partial charge in [-0.3, -0.25) is 9.10 Å². The van der Waals surface area contributed by atoms with Crippen LogP contribution in [0.1, 0.15) is 17.3 Å². The van der Waals surface area contributed by atoms with Gasteiger partial charge in [-0.1, -0.05) is 6.08 Å². The Bertz CT molecular complexity index is 685. The molecule has 8 heteroatoms. The molecule has 1 rings (SSSR count). The highest BCUT2D eigenvalue weighted by Gasteiger charge is 2.24. The van der Waals surface area contributed by atoms with Gasteiger partial charge in [0.2, 0.25) is 10.0 Å². The van der Waals surface area contributed by atoms with E-state index in [4.69, 9.17) is 9.47 Å². The van der Waals surface area contributed by atoms with Crippen molar-refractivity contribution in [1.82, 2.24) is 5.32 Å². The Hall–Kier alpha value is -2.22. The zero-order chi connectivity index (χ0) is 17.6. The molecule has 0 radical (unpaired) electrons. The third kappa shape index (κ3) is 4.38. The van der Waals surface area contributed by atoms with E-state index in [0.29, 0.717) is 11.5 Å². The molecule has 0 fully saturated rings. The van der Waals surface area contributed by atoms with Gasteiger partial charge >= 0.3 is 0 Å². The quantitative estimate of drug-likeness (QED) is 0.722. The van der Waals surface area contributed by atoms with E-state index in [1.54, 1.807) is 6.92 Å². The minimum atomic E-state index is -3.55.